The quantitative estimate of drug-likeness (QED) is 0.287. The van der Waals surface area contributed by atoms with Crippen LogP contribution in [0.1, 0.15) is 123 Å². The molecule has 0 saturated heterocycles. The molecule has 1 aliphatic rings. The summed E-state index contributed by atoms with van der Waals surface area (Å²) in [6, 6.07) is 6.53. The van der Waals surface area contributed by atoms with Gasteiger partial charge in [0.25, 0.3) is 0 Å². The Kier molecular flexibility index (Phi) is 13.1. The summed E-state index contributed by atoms with van der Waals surface area (Å²) < 4.78 is 5.38. The van der Waals surface area contributed by atoms with E-state index in [0.29, 0.717) is 6.54 Å². The molecule has 1 saturated carbocycles. The first-order valence-corrected chi connectivity index (χ1v) is 14.7. The third-order valence-corrected chi connectivity index (χ3v) is 7.10. The lowest BCUT2D eigenvalue weighted by molar-refractivity contribution is -0.142. The molecule has 0 aliphatic heterocycles. The van der Waals surface area contributed by atoms with Gasteiger partial charge in [0.05, 0.1) is 0 Å². The van der Waals surface area contributed by atoms with E-state index in [4.69, 9.17) is 4.74 Å². The average Bonchev–Trinajstić information content (AvgIpc) is 2.87. The number of ether oxygens (including phenoxy) is 1. The number of nitrogens with one attached hydrogen (secondary N) is 2. The highest BCUT2D eigenvalue weighted by Crippen LogP contribution is 2.26. The Balaban J connectivity index is 2.34. The summed E-state index contributed by atoms with van der Waals surface area (Å²) in [5, 5.41) is 5.95. The van der Waals surface area contributed by atoms with E-state index in [-0.39, 0.29) is 17.9 Å². The van der Waals surface area contributed by atoms with Gasteiger partial charge in [-0.1, -0.05) is 83.1 Å². The zero-order valence-corrected chi connectivity index (χ0v) is 24.6. The number of aryl methyl sites for hydroxylation is 1. The van der Waals surface area contributed by atoms with E-state index in [2.05, 4.69) is 24.5 Å². The van der Waals surface area contributed by atoms with Gasteiger partial charge < -0.3 is 20.3 Å². The molecule has 1 fully saturated rings. The summed E-state index contributed by atoms with van der Waals surface area (Å²) in [5.74, 6) is -0.428. The van der Waals surface area contributed by atoms with Crippen molar-refractivity contribution < 1.29 is 19.1 Å². The van der Waals surface area contributed by atoms with Crippen LogP contribution >= 0.6 is 0 Å². The molecule has 2 rings (SSSR count). The van der Waals surface area contributed by atoms with Gasteiger partial charge in [0, 0.05) is 12.6 Å². The van der Waals surface area contributed by atoms with Crippen molar-refractivity contribution >= 4 is 17.9 Å². The van der Waals surface area contributed by atoms with Gasteiger partial charge in [-0.05, 0) is 64.5 Å². The second kappa shape index (κ2) is 15.7. The molecular formula is C31H51N3O4. The summed E-state index contributed by atoms with van der Waals surface area (Å²) >= 11 is 0. The highest BCUT2D eigenvalue weighted by atomic mass is 16.6. The Morgan fingerprint density at radius 1 is 0.974 bits per heavy atom. The molecule has 0 aromatic heterocycles. The minimum absolute atomic E-state index is 0.132. The van der Waals surface area contributed by atoms with Crippen LogP contribution in [-0.2, 0) is 20.7 Å². The van der Waals surface area contributed by atoms with Crippen LogP contribution in [0.5, 0.6) is 0 Å². The molecule has 1 aromatic rings. The first kappa shape index (κ1) is 31.6. The molecule has 214 valence electrons. The number of carbonyl (C=O) groups is 3. The molecule has 0 heterocycles. The van der Waals surface area contributed by atoms with Crippen LogP contribution in [0.4, 0.5) is 4.79 Å². The van der Waals surface area contributed by atoms with Crippen molar-refractivity contribution in [1.82, 2.24) is 15.5 Å². The molecular weight excluding hydrogens is 478 g/mol. The smallest absolute Gasteiger partial charge is 0.408 e. The minimum Gasteiger partial charge on any atom is -0.444 e. The van der Waals surface area contributed by atoms with Crippen molar-refractivity contribution in [2.75, 3.05) is 6.54 Å². The fourth-order valence-corrected chi connectivity index (χ4v) is 4.98. The van der Waals surface area contributed by atoms with Crippen molar-refractivity contribution in [2.45, 2.75) is 136 Å². The SMILES string of the molecule is CCCCCCCN(C(=O)C(C)NC(=O)OC(C)(C)C)C(C(=O)NC1CCCCC1)c1ccc(CC)cc1. The van der Waals surface area contributed by atoms with E-state index in [1.54, 1.807) is 32.6 Å². The standard InChI is InChI=1S/C31H51N3O4/c1-7-9-10-11-15-22-34(29(36)23(3)32-30(37)38-31(4,5)6)27(25-20-18-24(8-2)19-21-25)28(35)33-26-16-13-12-14-17-26/h18-21,23,26-27H,7-17,22H2,1-6H3,(H,32,37)(H,33,35). The topological polar surface area (TPSA) is 87.7 Å². The fraction of sp³-hybridized carbons (Fsp3) is 0.710. The molecule has 0 radical (unpaired) electrons. The molecule has 2 atom stereocenters. The van der Waals surface area contributed by atoms with Crippen LogP contribution in [0, 0.1) is 0 Å². The number of rotatable bonds is 13. The van der Waals surface area contributed by atoms with Crippen LogP contribution in [0.3, 0.4) is 0 Å². The Morgan fingerprint density at radius 3 is 2.18 bits per heavy atom. The monoisotopic (exact) mass is 529 g/mol. The molecule has 0 bridgehead atoms. The first-order valence-electron chi connectivity index (χ1n) is 14.7. The number of carbonyl (C=O) groups excluding carboxylic acids is 3. The molecule has 0 spiro atoms. The number of hydrogen-bond acceptors (Lipinski definition) is 4. The molecule has 3 amide bonds. The highest BCUT2D eigenvalue weighted by molar-refractivity contribution is 5.92. The van der Waals surface area contributed by atoms with Crippen LogP contribution < -0.4 is 10.6 Å². The molecule has 1 aliphatic carbocycles. The summed E-state index contributed by atoms with van der Waals surface area (Å²) in [4.78, 5) is 41.9. The Hall–Kier alpha value is -2.57. The van der Waals surface area contributed by atoms with Crippen LogP contribution in [0.25, 0.3) is 0 Å². The maximum absolute atomic E-state index is 13.9. The molecule has 1 aromatic carbocycles. The number of unbranched alkanes of at least 4 members (excludes halogenated alkanes) is 4. The number of benzene rings is 1. The van der Waals surface area contributed by atoms with Crippen LogP contribution in [0.2, 0.25) is 0 Å². The lowest BCUT2D eigenvalue weighted by atomic mass is 9.94. The van der Waals surface area contributed by atoms with Gasteiger partial charge in [0.2, 0.25) is 11.8 Å². The van der Waals surface area contributed by atoms with E-state index in [9.17, 15) is 14.4 Å². The first-order chi connectivity index (χ1) is 18.1. The zero-order valence-electron chi connectivity index (χ0n) is 24.6. The average molecular weight is 530 g/mol. The van der Waals surface area contributed by atoms with Gasteiger partial charge in [0.1, 0.15) is 17.7 Å². The normalized spacial score (nSPS) is 15.8. The third kappa shape index (κ3) is 10.7. The lowest BCUT2D eigenvalue weighted by Gasteiger charge is -2.35. The summed E-state index contributed by atoms with van der Waals surface area (Å²) in [6.07, 6.45) is 10.8. The molecule has 7 nitrogen and oxygen atoms in total. The highest BCUT2D eigenvalue weighted by Gasteiger charge is 2.35. The summed E-state index contributed by atoms with van der Waals surface area (Å²) in [5.41, 5.74) is 1.30. The molecule has 2 unspecified atom stereocenters. The number of alkyl carbamates (subject to hydrolysis) is 1. The number of nitrogens with zero attached hydrogens (tertiary/aromatic N) is 1. The predicted molar refractivity (Wildman–Crippen MR) is 153 cm³/mol. The van der Waals surface area contributed by atoms with Gasteiger partial charge in [-0.2, -0.15) is 0 Å². The zero-order chi connectivity index (χ0) is 28.1. The Labute approximate surface area is 230 Å². The van der Waals surface area contributed by atoms with Crippen LogP contribution in [0.15, 0.2) is 24.3 Å². The van der Waals surface area contributed by atoms with E-state index in [1.807, 2.05) is 24.3 Å². The van der Waals surface area contributed by atoms with Crippen molar-refractivity contribution in [3.63, 3.8) is 0 Å². The van der Waals surface area contributed by atoms with Gasteiger partial charge in [0.15, 0.2) is 0 Å². The van der Waals surface area contributed by atoms with Crippen LogP contribution in [-0.4, -0.2) is 47.0 Å². The second-order valence-corrected chi connectivity index (χ2v) is 11.7. The van der Waals surface area contributed by atoms with Gasteiger partial charge in [-0.3, -0.25) is 9.59 Å². The fourth-order valence-electron chi connectivity index (χ4n) is 4.98. The number of hydrogen-bond donors (Lipinski definition) is 2. The Morgan fingerprint density at radius 2 is 1.61 bits per heavy atom. The van der Waals surface area contributed by atoms with Gasteiger partial charge in [-0.25, -0.2) is 4.79 Å². The molecule has 2 N–H and O–H groups in total. The van der Waals surface area contributed by atoms with Crippen molar-refractivity contribution in [1.29, 1.82) is 0 Å². The minimum atomic E-state index is -0.833. The lowest BCUT2D eigenvalue weighted by Crippen LogP contribution is -2.53. The maximum Gasteiger partial charge on any atom is 0.408 e. The molecule has 7 heteroatoms. The predicted octanol–water partition coefficient (Wildman–Crippen LogP) is 6.45. The maximum atomic E-state index is 13.9. The van der Waals surface area contributed by atoms with E-state index in [1.165, 1.54) is 12.0 Å². The Bertz CT molecular complexity index is 872. The summed E-state index contributed by atoms with van der Waals surface area (Å²) in [6.45, 7) is 11.7. The third-order valence-electron chi connectivity index (χ3n) is 7.10. The van der Waals surface area contributed by atoms with E-state index < -0.39 is 23.8 Å². The van der Waals surface area contributed by atoms with Gasteiger partial charge >= 0.3 is 6.09 Å². The van der Waals surface area contributed by atoms with Gasteiger partial charge in [-0.15, -0.1) is 0 Å². The van der Waals surface area contributed by atoms with E-state index >= 15 is 0 Å². The second-order valence-electron chi connectivity index (χ2n) is 11.7. The van der Waals surface area contributed by atoms with Crippen molar-refractivity contribution in [3.05, 3.63) is 35.4 Å². The summed E-state index contributed by atoms with van der Waals surface area (Å²) in [7, 11) is 0. The van der Waals surface area contributed by atoms with E-state index in [0.717, 1.165) is 69.8 Å². The number of amides is 3. The molecule has 38 heavy (non-hydrogen) atoms. The van der Waals surface area contributed by atoms with Crippen molar-refractivity contribution in [3.8, 4) is 0 Å². The largest absolute Gasteiger partial charge is 0.444 e. The van der Waals surface area contributed by atoms with Crippen molar-refractivity contribution in [2.24, 2.45) is 0 Å².